The van der Waals surface area contributed by atoms with Gasteiger partial charge in [-0.05, 0) is 30.7 Å². The second-order valence-electron chi connectivity index (χ2n) is 5.58. The van der Waals surface area contributed by atoms with Gasteiger partial charge in [0, 0.05) is 29.6 Å². The smallest absolute Gasteiger partial charge is 0.303 e. The number of nitrogens with zero attached hydrogens (tertiary/aromatic N) is 5. The van der Waals surface area contributed by atoms with Gasteiger partial charge >= 0.3 is 5.97 Å². The molecule has 0 saturated carbocycles. The Hall–Kier alpha value is -3.00. The van der Waals surface area contributed by atoms with Gasteiger partial charge in [-0.1, -0.05) is 11.6 Å². The summed E-state index contributed by atoms with van der Waals surface area (Å²) in [5.41, 5.74) is 2.00. The number of carboxylic acid groups (broad SMARTS) is 1. The molecule has 0 aliphatic carbocycles. The van der Waals surface area contributed by atoms with E-state index >= 15 is 0 Å². The van der Waals surface area contributed by atoms with Crippen LogP contribution in [0, 0.1) is 0 Å². The SMILES string of the molecule is O=C(O)CCCc1nc2n[nH]cc2c2nc(-c3ccc(Cl)cc3)nn12. The minimum atomic E-state index is -0.836. The van der Waals surface area contributed by atoms with Gasteiger partial charge in [-0.2, -0.15) is 9.61 Å². The van der Waals surface area contributed by atoms with E-state index < -0.39 is 5.97 Å². The molecule has 0 spiro atoms. The molecule has 1 aromatic carbocycles. The summed E-state index contributed by atoms with van der Waals surface area (Å²) < 4.78 is 1.66. The number of hydrogen-bond donors (Lipinski definition) is 2. The Labute approximate surface area is 146 Å². The minimum absolute atomic E-state index is 0.0700. The van der Waals surface area contributed by atoms with Gasteiger partial charge in [-0.15, -0.1) is 5.10 Å². The maximum Gasteiger partial charge on any atom is 0.303 e. The Morgan fingerprint density at radius 3 is 2.80 bits per heavy atom. The normalized spacial score (nSPS) is 11.4. The van der Waals surface area contributed by atoms with Crippen LogP contribution in [0.5, 0.6) is 0 Å². The van der Waals surface area contributed by atoms with Gasteiger partial charge in [0.25, 0.3) is 0 Å². The molecule has 0 bridgehead atoms. The number of H-pyrrole nitrogens is 1. The summed E-state index contributed by atoms with van der Waals surface area (Å²) in [6, 6.07) is 7.26. The molecule has 0 radical (unpaired) electrons. The highest BCUT2D eigenvalue weighted by molar-refractivity contribution is 6.30. The van der Waals surface area contributed by atoms with Crippen LogP contribution < -0.4 is 0 Å². The summed E-state index contributed by atoms with van der Waals surface area (Å²) in [6.07, 6.45) is 2.72. The van der Waals surface area contributed by atoms with E-state index in [0.717, 1.165) is 10.9 Å². The molecule has 0 fully saturated rings. The van der Waals surface area contributed by atoms with Crippen LogP contribution in [0.25, 0.3) is 28.1 Å². The van der Waals surface area contributed by atoms with Crippen molar-refractivity contribution in [2.45, 2.75) is 19.3 Å². The van der Waals surface area contributed by atoms with Crippen LogP contribution in [-0.2, 0) is 11.2 Å². The molecule has 2 N–H and O–H groups in total. The quantitative estimate of drug-likeness (QED) is 0.569. The number of aromatic nitrogens is 6. The van der Waals surface area contributed by atoms with Crippen molar-refractivity contribution in [3.8, 4) is 11.4 Å². The maximum absolute atomic E-state index is 10.8. The van der Waals surface area contributed by atoms with E-state index in [4.69, 9.17) is 16.7 Å². The molecule has 0 aliphatic heterocycles. The first-order valence-corrected chi connectivity index (χ1v) is 8.06. The van der Waals surface area contributed by atoms with Crippen molar-refractivity contribution in [2.24, 2.45) is 0 Å². The molecule has 4 rings (SSSR count). The molecular formula is C16H13ClN6O2. The lowest BCUT2D eigenvalue weighted by Crippen LogP contribution is -2.05. The number of benzene rings is 1. The fourth-order valence-electron chi connectivity index (χ4n) is 2.65. The maximum atomic E-state index is 10.8. The first-order chi connectivity index (χ1) is 12.1. The third kappa shape index (κ3) is 2.91. The van der Waals surface area contributed by atoms with Crippen LogP contribution in [0.1, 0.15) is 18.7 Å². The van der Waals surface area contributed by atoms with Crippen LogP contribution in [0.15, 0.2) is 30.5 Å². The van der Waals surface area contributed by atoms with E-state index in [9.17, 15) is 4.79 Å². The van der Waals surface area contributed by atoms with Crippen LogP contribution in [-0.4, -0.2) is 40.9 Å². The molecule has 0 atom stereocenters. The van der Waals surface area contributed by atoms with E-state index in [0.29, 0.717) is 40.8 Å². The Bertz CT molecular complexity index is 1070. The van der Waals surface area contributed by atoms with E-state index in [1.54, 1.807) is 22.8 Å². The molecule has 25 heavy (non-hydrogen) atoms. The fourth-order valence-corrected chi connectivity index (χ4v) is 2.78. The first-order valence-electron chi connectivity index (χ1n) is 7.68. The van der Waals surface area contributed by atoms with Gasteiger partial charge in [-0.3, -0.25) is 9.89 Å². The highest BCUT2D eigenvalue weighted by Gasteiger charge is 2.16. The third-order valence-electron chi connectivity index (χ3n) is 3.84. The van der Waals surface area contributed by atoms with Crippen LogP contribution in [0.2, 0.25) is 5.02 Å². The summed E-state index contributed by atoms with van der Waals surface area (Å²) in [6.45, 7) is 0. The molecule has 8 nitrogen and oxygen atoms in total. The molecule has 0 amide bonds. The van der Waals surface area contributed by atoms with E-state index in [1.165, 1.54) is 0 Å². The average Bonchev–Trinajstić information content (AvgIpc) is 3.21. The lowest BCUT2D eigenvalue weighted by atomic mass is 10.2. The fraction of sp³-hybridized carbons (Fsp3) is 0.188. The number of aryl methyl sites for hydroxylation is 1. The molecular weight excluding hydrogens is 344 g/mol. The van der Waals surface area contributed by atoms with Crippen LogP contribution in [0.3, 0.4) is 0 Å². The number of rotatable bonds is 5. The standard InChI is InChI=1S/C16H13ClN6O2/c17-10-6-4-9(5-7-10)14-20-16-11-8-18-21-15(11)19-12(23(16)22-14)2-1-3-13(24)25/h4-8H,1-3H2,(H,18,21)(H,24,25). The summed E-state index contributed by atoms with van der Waals surface area (Å²) in [5.74, 6) is 0.341. The Balaban J connectivity index is 1.83. The second-order valence-corrected chi connectivity index (χ2v) is 6.01. The molecule has 126 valence electrons. The molecule has 0 unspecified atom stereocenters. The van der Waals surface area contributed by atoms with Crippen LogP contribution >= 0.6 is 11.6 Å². The molecule has 3 aromatic heterocycles. The van der Waals surface area contributed by atoms with E-state index in [1.807, 2.05) is 12.1 Å². The third-order valence-corrected chi connectivity index (χ3v) is 4.09. The van der Waals surface area contributed by atoms with Crippen molar-refractivity contribution in [1.29, 1.82) is 0 Å². The summed E-state index contributed by atoms with van der Waals surface area (Å²) >= 11 is 5.93. The number of carboxylic acids is 1. The average molecular weight is 357 g/mol. The van der Waals surface area contributed by atoms with Crippen molar-refractivity contribution in [2.75, 3.05) is 0 Å². The molecule has 9 heteroatoms. The number of aliphatic carboxylic acids is 1. The zero-order chi connectivity index (χ0) is 17.4. The van der Waals surface area contributed by atoms with Crippen molar-refractivity contribution in [1.82, 2.24) is 29.8 Å². The van der Waals surface area contributed by atoms with Crippen molar-refractivity contribution < 1.29 is 9.90 Å². The highest BCUT2D eigenvalue weighted by Crippen LogP contribution is 2.23. The Morgan fingerprint density at radius 1 is 1.24 bits per heavy atom. The number of nitrogens with one attached hydrogen (secondary N) is 1. The van der Waals surface area contributed by atoms with Gasteiger partial charge in [0.15, 0.2) is 17.1 Å². The highest BCUT2D eigenvalue weighted by atomic mass is 35.5. The molecule has 0 saturated heterocycles. The van der Waals surface area contributed by atoms with E-state index in [2.05, 4.69) is 25.3 Å². The van der Waals surface area contributed by atoms with Gasteiger partial charge in [0.2, 0.25) is 0 Å². The Kier molecular flexibility index (Phi) is 3.81. The topological polar surface area (TPSA) is 109 Å². The summed E-state index contributed by atoms with van der Waals surface area (Å²) in [5, 5.41) is 21.7. The van der Waals surface area contributed by atoms with Gasteiger partial charge < -0.3 is 5.11 Å². The van der Waals surface area contributed by atoms with Crippen molar-refractivity contribution in [3.63, 3.8) is 0 Å². The van der Waals surface area contributed by atoms with Gasteiger partial charge in [-0.25, -0.2) is 9.97 Å². The largest absolute Gasteiger partial charge is 0.481 e. The number of hydrogen-bond acceptors (Lipinski definition) is 5. The molecule has 0 aliphatic rings. The molecule has 4 aromatic rings. The predicted octanol–water partition coefficient (Wildman–Crippen LogP) is 2.73. The van der Waals surface area contributed by atoms with E-state index in [-0.39, 0.29) is 6.42 Å². The monoisotopic (exact) mass is 356 g/mol. The van der Waals surface area contributed by atoms with Gasteiger partial charge in [0.05, 0.1) is 5.39 Å². The first kappa shape index (κ1) is 15.5. The lowest BCUT2D eigenvalue weighted by Gasteiger charge is -2.02. The summed E-state index contributed by atoms with van der Waals surface area (Å²) in [7, 11) is 0. The number of carbonyl (C=O) groups is 1. The molecule has 3 heterocycles. The van der Waals surface area contributed by atoms with Gasteiger partial charge in [0.1, 0.15) is 5.82 Å². The lowest BCUT2D eigenvalue weighted by molar-refractivity contribution is -0.137. The predicted molar refractivity (Wildman–Crippen MR) is 91.5 cm³/mol. The number of fused-ring (bicyclic) bond motifs is 3. The second kappa shape index (κ2) is 6.14. The summed E-state index contributed by atoms with van der Waals surface area (Å²) in [4.78, 5) is 19.9. The van der Waals surface area contributed by atoms with Crippen molar-refractivity contribution in [3.05, 3.63) is 41.3 Å². The zero-order valence-corrected chi connectivity index (χ0v) is 13.7. The number of aromatic amines is 1. The number of halogens is 1. The zero-order valence-electron chi connectivity index (χ0n) is 13.0. The van der Waals surface area contributed by atoms with Crippen molar-refractivity contribution >= 4 is 34.3 Å². The Morgan fingerprint density at radius 2 is 2.04 bits per heavy atom. The minimum Gasteiger partial charge on any atom is -0.481 e. The van der Waals surface area contributed by atoms with Crippen LogP contribution in [0.4, 0.5) is 0 Å².